The zero-order chi connectivity index (χ0) is 14.2. The van der Waals surface area contributed by atoms with E-state index in [4.69, 9.17) is 0 Å². The van der Waals surface area contributed by atoms with E-state index in [-0.39, 0.29) is 11.8 Å². The lowest BCUT2D eigenvalue weighted by Crippen LogP contribution is -2.14. The number of nitrogens with zero attached hydrogens (tertiary/aromatic N) is 1. The van der Waals surface area contributed by atoms with Crippen LogP contribution in [0, 0.1) is 5.92 Å². The van der Waals surface area contributed by atoms with Gasteiger partial charge >= 0.3 is 0 Å². The molecule has 21 heavy (non-hydrogen) atoms. The maximum atomic E-state index is 11.8. The smallest absolute Gasteiger partial charge is 0.228 e. The Bertz CT molecular complexity index is 685. The first-order valence-electron chi connectivity index (χ1n) is 8.00. The van der Waals surface area contributed by atoms with Crippen LogP contribution in [0.4, 0.5) is 5.82 Å². The first-order chi connectivity index (χ1) is 10.3. The minimum absolute atomic E-state index is 0.115. The molecule has 0 aliphatic heterocycles. The number of hydrogen-bond donors (Lipinski definition) is 1. The van der Waals surface area contributed by atoms with Gasteiger partial charge < -0.3 is 5.32 Å². The fourth-order valence-corrected chi connectivity index (χ4v) is 3.32. The van der Waals surface area contributed by atoms with Gasteiger partial charge in [0.15, 0.2) is 0 Å². The van der Waals surface area contributed by atoms with Crippen molar-refractivity contribution in [3.05, 3.63) is 36.0 Å². The van der Waals surface area contributed by atoms with E-state index in [1.807, 2.05) is 12.3 Å². The molecule has 108 valence electrons. The minimum atomic E-state index is 0.115. The number of carbonyl (C=O) groups excluding carboxylic acids is 1. The van der Waals surface area contributed by atoms with Crippen molar-refractivity contribution in [2.24, 2.45) is 5.92 Å². The van der Waals surface area contributed by atoms with Crippen LogP contribution in [0.5, 0.6) is 0 Å². The lowest BCUT2D eigenvalue weighted by Gasteiger charge is -2.11. The lowest BCUT2D eigenvalue weighted by molar-refractivity contribution is -0.117. The largest absolute Gasteiger partial charge is 0.310 e. The van der Waals surface area contributed by atoms with E-state index in [9.17, 15) is 4.79 Å². The summed E-state index contributed by atoms with van der Waals surface area (Å²) < 4.78 is 0. The highest BCUT2D eigenvalue weighted by atomic mass is 16.2. The zero-order valence-electron chi connectivity index (χ0n) is 12.1. The van der Waals surface area contributed by atoms with Crippen molar-refractivity contribution in [1.29, 1.82) is 0 Å². The topological polar surface area (TPSA) is 42.0 Å². The fourth-order valence-electron chi connectivity index (χ4n) is 3.32. The summed E-state index contributed by atoms with van der Waals surface area (Å²) in [6, 6.07) is 8.65. The van der Waals surface area contributed by atoms with Crippen LogP contribution in [0.2, 0.25) is 0 Å². The summed E-state index contributed by atoms with van der Waals surface area (Å²) in [6.07, 6.45) is 9.26. The molecule has 1 aromatic carbocycles. The molecule has 0 bridgehead atoms. The molecular weight excluding hydrogens is 260 g/mol. The van der Waals surface area contributed by atoms with E-state index in [2.05, 4.69) is 28.5 Å². The number of pyridine rings is 1. The molecule has 2 aliphatic carbocycles. The SMILES string of the molecule is O=C(Nc1cc2ccc(C3CCCC3)cc2cn1)C1CC1. The molecule has 2 saturated carbocycles. The van der Waals surface area contributed by atoms with Crippen molar-refractivity contribution >= 4 is 22.5 Å². The summed E-state index contributed by atoms with van der Waals surface area (Å²) in [5.74, 6) is 1.73. The van der Waals surface area contributed by atoms with Gasteiger partial charge in [-0.25, -0.2) is 4.98 Å². The van der Waals surface area contributed by atoms with Gasteiger partial charge in [0.2, 0.25) is 5.91 Å². The Hall–Kier alpha value is -1.90. The molecule has 2 fully saturated rings. The Kier molecular flexibility index (Phi) is 3.13. The Morgan fingerprint density at radius 2 is 1.86 bits per heavy atom. The average molecular weight is 280 g/mol. The van der Waals surface area contributed by atoms with E-state index in [0.29, 0.717) is 5.82 Å². The normalized spacial score (nSPS) is 19.0. The van der Waals surface area contributed by atoms with Crippen molar-refractivity contribution in [3.8, 4) is 0 Å². The second kappa shape index (κ2) is 5.14. The van der Waals surface area contributed by atoms with Gasteiger partial charge in [-0.05, 0) is 54.7 Å². The van der Waals surface area contributed by atoms with E-state index in [0.717, 1.165) is 24.1 Å². The molecule has 0 atom stereocenters. The van der Waals surface area contributed by atoms with Crippen molar-refractivity contribution in [2.45, 2.75) is 44.4 Å². The predicted octanol–water partition coefficient (Wildman–Crippen LogP) is 4.24. The van der Waals surface area contributed by atoms with Gasteiger partial charge in [0.1, 0.15) is 5.82 Å². The third-order valence-corrected chi connectivity index (χ3v) is 4.77. The molecule has 1 heterocycles. The number of carbonyl (C=O) groups is 1. The van der Waals surface area contributed by atoms with Crippen LogP contribution < -0.4 is 5.32 Å². The molecule has 2 aromatic rings. The van der Waals surface area contributed by atoms with E-state index < -0.39 is 0 Å². The fraction of sp³-hybridized carbons (Fsp3) is 0.444. The highest BCUT2D eigenvalue weighted by molar-refractivity contribution is 5.95. The molecular formula is C18H20N2O. The number of benzene rings is 1. The summed E-state index contributed by atoms with van der Waals surface area (Å²) in [4.78, 5) is 16.2. The Balaban J connectivity index is 1.59. The maximum absolute atomic E-state index is 11.8. The quantitative estimate of drug-likeness (QED) is 0.913. The molecule has 0 unspecified atom stereocenters. The van der Waals surface area contributed by atoms with Crippen LogP contribution >= 0.6 is 0 Å². The summed E-state index contributed by atoms with van der Waals surface area (Å²) >= 11 is 0. The van der Waals surface area contributed by atoms with Crippen molar-refractivity contribution in [2.75, 3.05) is 5.32 Å². The predicted molar refractivity (Wildman–Crippen MR) is 84.3 cm³/mol. The van der Waals surface area contributed by atoms with Crippen molar-refractivity contribution in [3.63, 3.8) is 0 Å². The highest BCUT2D eigenvalue weighted by Crippen LogP contribution is 2.35. The second-order valence-corrected chi connectivity index (χ2v) is 6.42. The van der Waals surface area contributed by atoms with Gasteiger partial charge in [0.25, 0.3) is 0 Å². The number of fused-ring (bicyclic) bond motifs is 1. The summed E-state index contributed by atoms with van der Waals surface area (Å²) in [7, 11) is 0. The van der Waals surface area contributed by atoms with Crippen LogP contribution in [-0.2, 0) is 4.79 Å². The van der Waals surface area contributed by atoms with Gasteiger partial charge in [-0.15, -0.1) is 0 Å². The standard InChI is InChI=1S/C18H20N2O/c21-18(13-5-6-13)20-17-10-15-8-7-14(9-16(15)11-19-17)12-3-1-2-4-12/h7-13H,1-6H2,(H,19,20,21). The first kappa shape index (κ1) is 12.8. The number of amides is 1. The second-order valence-electron chi connectivity index (χ2n) is 6.42. The summed E-state index contributed by atoms with van der Waals surface area (Å²) in [6.45, 7) is 0. The molecule has 4 rings (SSSR count). The molecule has 3 nitrogen and oxygen atoms in total. The van der Waals surface area contributed by atoms with Crippen molar-refractivity contribution < 1.29 is 4.79 Å². The minimum Gasteiger partial charge on any atom is -0.310 e. The van der Waals surface area contributed by atoms with Gasteiger partial charge in [-0.1, -0.05) is 25.0 Å². The van der Waals surface area contributed by atoms with Crippen molar-refractivity contribution in [1.82, 2.24) is 4.98 Å². The molecule has 0 saturated heterocycles. The summed E-state index contributed by atoms with van der Waals surface area (Å²) in [5.41, 5.74) is 1.44. The van der Waals surface area contributed by atoms with Crippen LogP contribution in [-0.4, -0.2) is 10.9 Å². The average Bonchev–Trinajstić information content (AvgIpc) is 3.22. The monoisotopic (exact) mass is 280 g/mol. The number of rotatable bonds is 3. The molecule has 3 heteroatoms. The molecule has 1 N–H and O–H groups in total. The number of nitrogens with one attached hydrogen (secondary N) is 1. The number of hydrogen-bond acceptors (Lipinski definition) is 2. The lowest BCUT2D eigenvalue weighted by atomic mass is 9.96. The van der Waals surface area contributed by atoms with Gasteiger partial charge in [-0.3, -0.25) is 4.79 Å². The van der Waals surface area contributed by atoms with Gasteiger partial charge in [0.05, 0.1) is 0 Å². The third kappa shape index (κ3) is 2.65. The van der Waals surface area contributed by atoms with E-state index in [1.54, 1.807) is 0 Å². The van der Waals surface area contributed by atoms with Crippen LogP contribution in [0.15, 0.2) is 30.5 Å². The van der Waals surface area contributed by atoms with Gasteiger partial charge in [-0.2, -0.15) is 0 Å². The number of anilines is 1. The Labute approximate surface area is 124 Å². The molecule has 0 radical (unpaired) electrons. The first-order valence-corrected chi connectivity index (χ1v) is 8.00. The maximum Gasteiger partial charge on any atom is 0.228 e. The summed E-state index contributed by atoms with van der Waals surface area (Å²) in [5, 5.41) is 5.24. The molecule has 1 aromatic heterocycles. The molecule has 1 amide bonds. The number of aromatic nitrogens is 1. The van der Waals surface area contributed by atoms with Crippen LogP contribution in [0.3, 0.4) is 0 Å². The molecule has 0 spiro atoms. The molecule has 2 aliphatic rings. The Morgan fingerprint density at radius 1 is 1.05 bits per heavy atom. The highest BCUT2D eigenvalue weighted by Gasteiger charge is 2.29. The van der Waals surface area contributed by atoms with Crippen LogP contribution in [0.25, 0.3) is 10.8 Å². The van der Waals surface area contributed by atoms with Crippen LogP contribution in [0.1, 0.15) is 50.0 Å². The van der Waals surface area contributed by atoms with E-state index >= 15 is 0 Å². The third-order valence-electron chi connectivity index (χ3n) is 4.77. The Morgan fingerprint density at radius 3 is 2.62 bits per heavy atom. The van der Waals surface area contributed by atoms with Gasteiger partial charge in [0, 0.05) is 17.5 Å². The van der Waals surface area contributed by atoms with E-state index in [1.165, 1.54) is 36.6 Å². The zero-order valence-corrected chi connectivity index (χ0v) is 12.1.